The van der Waals surface area contributed by atoms with E-state index in [1.165, 1.54) is 38.5 Å². The fourth-order valence-corrected chi connectivity index (χ4v) is 8.20. The van der Waals surface area contributed by atoms with Crippen LogP contribution in [-0.2, 0) is 9.47 Å². The van der Waals surface area contributed by atoms with Gasteiger partial charge in [0.25, 0.3) is 0 Å². The van der Waals surface area contributed by atoms with Crippen molar-refractivity contribution in [1.82, 2.24) is 0 Å². The first kappa shape index (κ1) is 17.0. The third kappa shape index (κ3) is 2.15. The topological polar surface area (TPSA) is 38.7 Å². The lowest BCUT2D eigenvalue weighted by atomic mass is 9.44. The Morgan fingerprint density at radius 1 is 0.800 bits per heavy atom. The Hall–Kier alpha value is -0.120. The number of aliphatic hydroxyl groups is 1. The highest BCUT2D eigenvalue weighted by Crippen LogP contribution is 2.69. The van der Waals surface area contributed by atoms with Gasteiger partial charge in [0.05, 0.1) is 18.8 Å². The first-order chi connectivity index (χ1) is 11.8. The van der Waals surface area contributed by atoms with Gasteiger partial charge in [-0.15, -0.1) is 0 Å². The molecule has 4 saturated carbocycles. The van der Waals surface area contributed by atoms with Gasteiger partial charge in [0, 0.05) is 12.8 Å². The molecule has 25 heavy (non-hydrogen) atoms. The van der Waals surface area contributed by atoms with Crippen molar-refractivity contribution < 1.29 is 14.6 Å². The summed E-state index contributed by atoms with van der Waals surface area (Å²) in [4.78, 5) is 0. The summed E-state index contributed by atoms with van der Waals surface area (Å²) in [6.45, 7) is 8.66. The van der Waals surface area contributed by atoms with Crippen LogP contribution in [0, 0.1) is 34.5 Å². The molecule has 1 N–H and O–H groups in total. The third-order valence-corrected chi connectivity index (χ3v) is 10.0. The van der Waals surface area contributed by atoms with Crippen molar-refractivity contribution in [3.8, 4) is 0 Å². The SMILES string of the molecule is C[C@]12CCC3(C[C@H]1CC[C@@H]1[C@H]2CC[C@@]2(C)[C@@H]1CC[C@@]2(C)O)OCCO3. The van der Waals surface area contributed by atoms with Crippen LogP contribution in [0.25, 0.3) is 0 Å². The fraction of sp³-hybridized carbons (Fsp3) is 1.00. The lowest BCUT2D eigenvalue weighted by Crippen LogP contribution is -2.57. The summed E-state index contributed by atoms with van der Waals surface area (Å²) in [7, 11) is 0. The largest absolute Gasteiger partial charge is 0.390 e. The van der Waals surface area contributed by atoms with Gasteiger partial charge in [-0.05, 0) is 86.4 Å². The lowest BCUT2D eigenvalue weighted by molar-refractivity contribution is -0.232. The van der Waals surface area contributed by atoms with Crippen molar-refractivity contribution in [1.29, 1.82) is 0 Å². The molecule has 0 aromatic heterocycles. The number of hydrogen-bond donors (Lipinski definition) is 1. The highest BCUT2D eigenvalue weighted by atomic mass is 16.7. The maximum atomic E-state index is 11.0. The number of fused-ring (bicyclic) bond motifs is 5. The molecule has 0 amide bonds. The zero-order chi connectivity index (χ0) is 17.5. The molecule has 5 aliphatic rings. The molecular weight excluding hydrogens is 312 g/mol. The summed E-state index contributed by atoms with van der Waals surface area (Å²) in [6, 6.07) is 0. The van der Waals surface area contributed by atoms with Gasteiger partial charge >= 0.3 is 0 Å². The van der Waals surface area contributed by atoms with Gasteiger partial charge in [0.1, 0.15) is 0 Å². The van der Waals surface area contributed by atoms with E-state index in [1.54, 1.807) is 0 Å². The van der Waals surface area contributed by atoms with Crippen LogP contribution in [-0.4, -0.2) is 29.7 Å². The summed E-state index contributed by atoms with van der Waals surface area (Å²) in [6.07, 6.45) is 10.9. The van der Waals surface area contributed by atoms with E-state index >= 15 is 0 Å². The Morgan fingerprint density at radius 3 is 2.28 bits per heavy atom. The minimum Gasteiger partial charge on any atom is -0.390 e. The number of rotatable bonds is 0. The molecule has 4 aliphatic carbocycles. The minimum absolute atomic E-state index is 0.144. The van der Waals surface area contributed by atoms with E-state index in [-0.39, 0.29) is 11.2 Å². The van der Waals surface area contributed by atoms with Crippen LogP contribution < -0.4 is 0 Å². The zero-order valence-electron chi connectivity index (χ0n) is 16.4. The zero-order valence-corrected chi connectivity index (χ0v) is 16.4. The van der Waals surface area contributed by atoms with E-state index in [1.807, 2.05) is 0 Å². The molecule has 0 unspecified atom stereocenters. The predicted molar refractivity (Wildman–Crippen MR) is 97.0 cm³/mol. The number of hydrogen-bond acceptors (Lipinski definition) is 3. The van der Waals surface area contributed by atoms with Crippen molar-refractivity contribution in [2.45, 2.75) is 89.9 Å². The van der Waals surface area contributed by atoms with Crippen LogP contribution in [0.4, 0.5) is 0 Å². The quantitative estimate of drug-likeness (QED) is 0.699. The smallest absolute Gasteiger partial charge is 0.168 e. The van der Waals surface area contributed by atoms with Crippen molar-refractivity contribution >= 4 is 0 Å². The Bertz CT molecular complexity index is 551. The highest BCUT2D eigenvalue weighted by molar-refractivity contribution is 5.13. The maximum Gasteiger partial charge on any atom is 0.168 e. The Kier molecular flexibility index (Phi) is 3.56. The molecule has 1 saturated heterocycles. The molecule has 7 atom stereocenters. The van der Waals surface area contributed by atoms with Crippen molar-refractivity contribution in [2.75, 3.05) is 13.2 Å². The molecule has 0 aromatic rings. The molecule has 1 spiro atoms. The van der Waals surface area contributed by atoms with Crippen LogP contribution in [0.5, 0.6) is 0 Å². The van der Waals surface area contributed by atoms with Crippen molar-refractivity contribution in [3.63, 3.8) is 0 Å². The van der Waals surface area contributed by atoms with E-state index in [4.69, 9.17) is 9.47 Å². The molecule has 5 fully saturated rings. The minimum atomic E-state index is -0.456. The predicted octanol–water partition coefficient (Wildman–Crippen LogP) is 4.52. The monoisotopic (exact) mass is 348 g/mol. The molecule has 3 nitrogen and oxygen atoms in total. The third-order valence-electron chi connectivity index (χ3n) is 10.0. The van der Waals surface area contributed by atoms with Crippen molar-refractivity contribution in [2.24, 2.45) is 34.5 Å². The lowest BCUT2D eigenvalue weighted by Gasteiger charge is -2.62. The Labute approximate surface area is 152 Å². The second-order valence-electron chi connectivity index (χ2n) is 10.7. The van der Waals surface area contributed by atoms with Crippen LogP contribution >= 0.6 is 0 Å². The van der Waals surface area contributed by atoms with Gasteiger partial charge in [-0.3, -0.25) is 0 Å². The van der Waals surface area contributed by atoms with E-state index in [2.05, 4.69) is 20.8 Å². The summed E-state index contributed by atoms with van der Waals surface area (Å²) >= 11 is 0. The average Bonchev–Trinajstić information content (AvgIpc) is 3.11. The van der Waals surface area contributed by atoms with Crippen LogP contribution in [0.15, 0.2) is 0 Å². The summed E-state index contributed by atoms with van der Waals surface area (Å²) < 4.78 is 12.1. The van der Waals surface area contributed by atoms with Gasteiger partial charge in [-0.1, -0.05) is 13.8 Å². The molecular formula is C22H36O3. The van der Waals surface area contributed by atoms with E-state index in [0.717, 1.165) is 56.1 Å². The first-order valence-corrected chi connectivity index (χ1v) is 10.8. The van der Waals surface area contributed by atoms with E-state index in [0.29, 0.717) is 5.41 Å². The summed E-state index contributed by atoms with van der Waals surface area (Å²) in [5, 5.41) is 11.0. The molecule has 1 heterocycles. The molecule has 0 radical (unpaired) electrons. The van der Waals surface area contributed by atoms with Crippen molar-refractivity contribution in [3.05, 3.63) is 0 Å². The Morgan fingerprint density at radius 2 is 1.52 bits per heavy atom. The summed E-state index contributed by atoms with van der Waals surface area (Å²) in [5.74, 6) is 2.92. The van der Waals surface area contributed by atoms with Gasteiger partial charge in [-0.2, -0.15) is 0 Å². The molecule has 1 aliphatic heterocycles. The maximum absolute atomic E-state index is 11.0. The normalized spacial score (nSPS) is 57.1. The van der Waals surface area contributed by atoms with Gasteiger partial charge in [0.2, 0.25) is 0 Å². The first-order valence-electron chi connectivity index (χ1n) is 10.8. The van der Waals surface area contributed by atoms with Crippen LogP contribution in [0.3, 0.4) is 0 Å². The second kappa shape index (κ2) is 5.23. The standard InChI is InChI=1S/C22H36O3/c1-19-10-11-22(24-12-13-25-22)14-15(19)4-5-16-17(19)6-8-20(2)18(16)7-9-21(20,3)23/h15-18,23H,4-14H2,1-3H3/t15-,16-,17-,18-,19+,20+,21-/m1/s1. The van der Waals surface area contributed by atoms with E-state index < -0.39 is 5.60 Å². The van der Waals surface area contributed by atoms with Gasteiger partial charge in [0.15, 0.2) is 5.79 Å². The summed E-state index contributed by atoms with van der Waals surface area (Å²) in [5.41, 5.74) is 0.146. The van der Waals surface area contributed by atoms with Gasteiger partial charge in [-0.25, -0.2) is 0 Å². The fourth-order valence-electron chi connectivity index (χ4n) is 8.20. The molecule has 0 aromatic carbocycles. The molecule has 142 valence electrons. The van der Waals surface area contributed by atoms with E-state index in [9.17, 15) is 5.11 Å². The van der Waals surface area contributed by atoms with Crippen LogP contribution in [0.1, 0.15) is 78.6 Å². The van der Waals surface area contributed by atoms with Crippen LogP contribution in [0.2, 0.25) is 0 Å². The molecule has 0 bridgehead atoms. The second-order valence-corrected chi connectivity index (χ2v) is 10.7. The molecule has 3 heteroatoms. The van der Waals surface area contributed by atoms with Gasteiger partial charge < -0.3 is 14.6 Å². The average molecular weight is 349 g/mol. The highest BCUT2D eigenvalue weighted by Gasteiger charge is 2.64. The Balaban J connectivity index is 1.41. The number of ether oxygens (including phenoxy) is 2. The molecule has 5 rings (SSSR count).